The van der Waals surface area contributed by atoms with Crippen LogP contribution >= 0.6 is 0 Å². The van der Waals surface area contributed by atoms with Crippen molar-refractivity contribution in [1.29, 1.82) is 0 Å². The van der Waals surface area contributed by atoms with Crippen molar-refractivity contribution >= 4 is 5.78 Å². The summed E-state index contributed by atoms with van der Waals surface area (Å²) in [6.07, 6.45) is 1.92. The highest BCUT2D eigenvalue weighted by Gasteiger charge is 2.66. The molecule has 0 spiro atoms. The van der Waals surface area contributed by atoms with E-state index >= 15 is 0 Å². The van der Waals surface area contributed by atoms with Gasteiger partial charge in [-0.15, -0.1) is 0 Å². The molecule has 3 rings (SSSR count). The topological polar surface area (TPSA) is 26.3 Å². The maximum Gasteiger partial charge on any atom is 0.165 e. The Morgan fingerprint density at radius 2 is 1.89 bits per heavy atom. The SMILES string of the molecule is CC1(C)C2CCC1(C)C(OCc1ccccc1)C2=O. The van der Waals surface area contributed by atoms with Gasteiger partial charge in [-0.05, 0) is 23.8 Å². The zero-order valence-electron chi connectivity index (χ0n) is 12.0. The van der Waals surface area contributed by atoms with E-state index in [0.717, 1.165) is 18.4 Å². The lowest BCUT2D eigenvalue weighted by atomic mass is 9.70. The number of hydrogen-bond acceptors (Lipinski definition) is 2. The summed E-state index contributed by atoms with van der Waals surface area (Å²) >= 11 is 0. The van der Waals surface area contributed by atoms with Crippen LogP contribution in [0.3, 0.4) is 0 Å². The lowest BCUT2D eigenvalue weighted by Gasteiger charge is -2.37. The lowest BCUT2D eigenvalue weighted by molar-refractivity contribution is -0.139. The second-order valence-corrected chi connectivity index (χ2v) is 6.81. The van der Waals surface area contributed by atoms with Gasteiger partial charge in [-0.2, -0.15) is 0 Å². The van der Waals surface area contributed by atoms with Crippen LogP contribution in [0.25, 0.3) is 0 Å². The molecule has 0 N–H and O–H groups in total. The highest BCUT2D eigenvalue weighted by atomic mass is 16.5. The summed E-state index contributed by atoms with van der Waals surface area (Å²) in [7, 11) is 0. The van der Waals surface area contributed by atoms with Gasteiger partial charge in [0, 0.05) is 11.3 Å². The van der Waals surface area contributed by atoms with Gasteiger partial charge >= 0.3 is 0 Å². The summed E-state index contributed by atoms with van der Waals surface area (Å²) < 4.78 is 6.02. The maximum absolute atomic E-state index is 12.5. The molecule has 0 heterocycles. The van der Waals surface area contributed by atoms with Crippen LogP contribution in [-0.4, -0.2) is 11.9 Å². The fraction of sp³-hybridized carbons (Fsp3) is 0.588. The number of carbonyl (C=O) groups is 1. The normalized spacial score (nSPS) is 35.8. The molecule has 0 aliphatic heterocycles. The summed E-state index contributed by atoms with van der Waals surface area (Å²) in [5, 5.41) is 0. The first-order valence-electron chi connectivity index (χ1n) is 7.16. The quantitative estimate of drug-likeness (QED) is 0.828. The Hall–Kier alpha value is -1.15. The Morgan fingerprint density at radius 1 is 1.21 bits per heavy atom. The van der Waals surface area contributed by atoms with Gasteiger partial charge < -0.3 is 4.74 Å². The third kappa shape index (κ3) is 1.69. The number of rotatable bonds is 3. The summed E-state index contributed by atoms with van der Waals surface area (Å²) in [5.74, 6) is 0.521. The zero-order chi connectivity index (χ0) is 13.7. The van der Waals surface area contributed by atoms with E-state index in [9.17, 15) is 4.79 Å². The van der Waals surface area contributed by atoms with Gasteiger partial charge in [0.05, 0.1) is 6.61 Å². The van der Waals surface area contributed by atoms with Crippen molar-refractivity contribution in [3.63, 3.8) is 0 Å². The number of benzene rings is 1. The van der Waals surface area contributed by atoms with E-state index in [2.05, 4.69) is 20.8 Å². The second kappa shape index (κ2) is 4.17. The van der Waals surface area contributed by atoms with E-state index in [1.807, 2.05) is 30.3 Å². The van der Waals surface area contributed by atoms with E-state index in [1.165, 1.54) is 0 Å². The highest BCUT2D eigenvalue weighted by molar-refractivity contribution is 5.91. The molecule has 3 atom stereocenters. The van der Waals surface area contributed by atoms with Gasteiger partial charge in [-0.1, -0.05) is 51.1 Å². The average molecular weight is 258 g/mol. The third-order valence-corrected chi connectivity index (χ3v) is 5.74. The fourth-order valence-electron chi connectivity index (χ4n) is 4.01. The summed E-state index contributed by atoms with van der Waals surface area (Å²) in [6, 6.07) is 10.1. The first-order valence-corrected chi connectivity index (χ1v) is 7.16. The lowest BCUT2D eigenvalue weighted by Crippen LogP contribution is -2.39. The molecule has 3 unspecified atom stereocenters. The van der Waals surface area contributed by atoms with Crippen LogP contribution in [0.15, 0.2) is 30.3 Å². The molecular weight excluding hydrogens is 236 g/mol. The maximum atomic E-state index is 12.5. The van der Waals surface area contributed by atoms with Crippen molar-refractivity contribution in [3.8, 4) is 0 Å². The minimum atomic E-state index is -0.221. The number of ether oxygens (including phenoxy) is 1. The molecule has 0 saturated heterocycles. The van der Waals surface area contributed by atoms with E-state index in [1.54, 1.807) is 0 Å². The smallest absolute Gasteiger partial charge is 0.165 e. The molecule has 19 heavy (non-hydrogen) atoms. The average Bonchev–Trinajstić information content (AvgIpc) is 2.69. The molecule has 2 aliphatic carbocycles. The Morgan fingerprint density at radius 3 is 2.47 bits per heavy atom. The Labute approximate surface area is 115 Å². The van der Waals surface area contributed by atoms with Crippen molar-refractivity contribution in [2.75, 3.05) is 0 Å². The van der Waals surface area contributed by atoms with Gasteiger partial charge in [0.1, 0.15) is 6.10 Å². The predicted octanol–water partition coefficient (Wildman–Crippen LogP) is 3.60. The number of Topliss-reactive ketones (excluding diaryl/α,β-unsaturated/α-hetero) is 1. The third-order valence-electron chi connectivity index (χ3n) is 5.74. The van der Waals surface area contributed by atoms with Gasteiger partial charge in [-0.25, -0.2) is 0 Å². The molecule has 1 aromatic rings. The van der Waals surface area contributed by atoms with Crippen LogP contribution in [-0.2, 0) is 16.1 Å². The monoisotopic (exact) mass is 258 g/mol. The van der Waals surface area contributed by atoms with Crippen LogP contribution in [0.2, 0.25) is 0 Å². The van der Waals surface area contributed by atoms with Crippen LogP contribution in [0.5, 0.6) is 0 Å². The molecule has 2 aliphatic rings. The molecule has 2 saturated carbocycles. The fourth-order valence-corrected chi connectivity index (χ4v) is 4.01. The molecule has 2 bridgehead atoms. The van der Waals surface area contributed by atoms with Gasteiger partial charge in [0.2, 0.25) is 0 Å². The molecule has 102 valence electrons. The Balaban J connectivity index is 1.78. The minimum Gasteiger partial charge on any atom is -0.365 e. The van der Waals surface area contributed by atoms with E-state index in [-0.39, 0.29) is 22.9 Å². The van der Waals surface area contributed by atoms with E-state index in [0.29, 0.717) is 12.4 Å². The molecule has 0 amide bonds. The van der Waals surface area contributed by atoms with Crippen molar-refractivity contribution < 1.29 is 9.53 Å². The van der Waals surface area contributed by atoms with Crippen molar-refractivity contribution in [3.05, 3.63) is 35.9 Å². The van der Waals surface area contributed by atoms with Crippen molar-refractivity contribution in [2.45, 2.75) is 46.3 Å². The van der Waals surface area contributed by atoms with Crippen LogP contribution < -0.4 is 0 Å². The van der Waals surface area contributed by atoms with Crippen molar-refractivity contribution in [1.82, 2.24) is 0 Å². The van der Waals surface area contributed by atoms with Crippen LogP contribution in [0.4, 0.5) is 0 Å². The molecule has 2 nitrogen and oxygen atoms in total. The highest BCUT2D eigenvalue weighted by Crippen LogP contribution is 2.64. The second-order valence-electron chi connectivity index (χ2n) is 6.81. The Kier molecular flexibility index (Phi) is 2.82. The van der Waals surface area contributed by atoms with E-state index in [4.69, 9.17) is 4.74 Å². The molecule has 0 radical (unpaired) electrons. The standard InChI is InChI=1S/C17H22O2/c1-16(2)13-9-10-17(16,3)15(14(13)18)19-11-12-7-5-4-6-8-12/h4-8,13,15H,9-11H2,1-3H3. The van der Waals surface area contributed by atoms with Gasteiger partial charge in [-0.3, -0.25) is 4.79 Å². The first-order chi connectivity index (χ1) is 8.97. The van der Waals surface area contributed by atoms with Gasteiger partial charge in [0.15, 0.2) is 5.78 Å². The largest absolute Gasteiger partial charge is 0.365 e. The van der Waals surface area contributed by atoms with Gasteiger partial charge in [0.25, 0.3) is 0 Å². The first kappa shape index (κ1) is 12.9. The van der Waals surface area contributed by atoms with Crippen LogP contribution in [0, 0.1) is 16.7 Å². The molecule has 2 heteroatoms. The summed E-state index contributed by atoms with van der Waals surface area (Å²) in [6.45, 7) is 7.23. The summed E-state index contributed by atoms with van der Waals surface area (Å²) in [4.78, 5) is 12.5. The number of fused-ring (bicyclic) bond motifs is 2. The van der Waals surface area contributed by atoms with Crippen molar-refractivity contribution in [2.24, 2.45) is 16.7 Å². The Bertz CT molecular complexity index is 491. The number of carbonyl (C=O) groups excluding carboxylic acids is 1. The predicted molar refractivity (Wildman–Crippen MR) is 74.6 cm³/mol. The molecule has 1 aromatic carbocycles. The van der Waals surface area contributed by atoms with Crippen LogP contribution in [0.1, 0.15) is 39.2 Å². The number of ketones is 1. The molecule has 2 fully saturated rings. The summed E-state index contributed by atoms with van der Waals surface area (Å²) in [5.41, 5.74) is 1.22. The molecule has 0 aromatic heterocycles. The van der Waals surface area contributed by atoms with E-state index < -0.39 is 0 Å². The number of hydrogen-bond donors (Lipinski definition) is 0. The minimum absolute atomic E-state index is 0.00350. The molecular formula is C17H22O2. The zero-order valence-corrected chi connectivity index (χ0v) is 12.0.